The van der Waals surface area contributed by atoms with Crippen LogP contribution in [-0.4, -0.2) is 41.5 Å². The lowest BCUT2D eigenvalue weighted by molar-refractivity contribution is -0.252. The van der Waals surface area contributed by atoms with E-state index in [0.29, 0.717) is 49.2 Å². The first-order valence-electron chi connectivity index (χ1n) is 16.1. The number of nitrogens with two attached hydrogens (primary N) is 1. The summed E-state index contributed by atoms with van der Waals surface area (Å²) in [6, 6.07) is 32.9. The van der Waals surface area contributed by atoms with E-state index in [1.165, 1.54) is 5.56 Å². The van der Waals surface area contributed by atoms with Gasteiger partial charge in [0.2, 0.25) is 11.8 Å². The molecule has 2 amide bonds. The second-order valence-corrected chi connectivity index (χ2v) is 12.0. The van der Waals surface area contributed by atoms with Gasteiger partial charge in [-0.15, -0.1) is 0 Å². The monoisotopic (exact) mass is 636 g/mol. The number of nitrogens with one attached hydrogen (secondary N) is 2. The molecule has 246 valence electrons. The highest BCUT2D eigenvalue weighted by Crippen LogP contribution is 2.38. The molecule has 0 spiro atoms. The number of amides is 2. The van der Waals surface area contributed by atoms with Gasteiger partial charge in [0.15, 0.2) is 6.29 Å². The van der Waals surface area contributed by atoms with Crippen molar-refractivity contribution in [2.24, 2.45) is 0 Å². The van der Waals surface area contributed by atoms with E-state index in [9.17, 15) is 14.7 Å². The van der Waals surface area contributed by atoms with Crippen LogP contribution in [0.5, 0.6) is 0 Å². The van der Waals surface area contributed by atoms with E-state index >= 15 is 0 Å². The molecule has 0 aliphatic carbocycles. The summed E-state index contributed by atoms with van der Waals surface area (Å²) in [4.78, 5) is 27.1. The van der Waals surface area contributed by atoms with Crippen molar-refractivity contribution in [2.45, 2.75) is 63.8 Å². The highest BCUT2D eigenvalue weighted by atomic mass is 16.7. The van der Waals surface area contributed by atoms with Crippen LogP contribution in [0.3, 0.4) is 0 Å². The zero-order chi connectivity index (χ0) is 33.0. The smallest absolute Gasteiger partial charge is 0.224 e. The third-order valence-corrected chi connectivity index (χ3v) is 8.18. The number of rotatable bonds is 14. The topological polar surface area (TPSA) is 126 Å². The van der Waals surface area contributed by atoms with E-state index in [1.807, 2.05) is 78.9 Å². The lowest BCUT2D eigenvalue weighted by Gasteiger charge is -2.38. The molecule has 4 aromatic rings. The Hall–Kier alpha value is -4.54. The van der Waals surface area contributed by atoms with Gasteiger partial charge in [0.05, 0.1) is 30.2 Å². The molecule has 9 heteroatoms. The number of ether oxygens (including phenoxy) is 2. The van der Waals surface area contributed by atoms with Crippen LogP contribution in [0.1, 0.15) is 66.8 Å². The molecule has 9 nitrogen and oxygen atoms in total. The van der Waals surface area contributed by atoms with Crippen molar-refractivity contribution in [1.82, 2.24) is 4.90 Å². The van der Waals surface area contributed by atoms with Gasteiger partial charge in [0.1, 0.15) is 0 Å². The zero-order valence-electron chi connectivity index (χ0n) is 26.8. The Morgan fingerprint density at radius 3 is 2.11 bits per heavy atom. The van der Waals surface area contributed by atoms with Crippen molar-refractivity contribution >= 4 is 28.9 Å². The number of para-hydroxylation sites is 2. The van der Waals surface area contributed by atoms with Crippen LogP contribution in [0.25, 0.3) is 0 Å². The highest BCUT2D eigenvalue weighted by Gasteiger charge is 2.32. The number of hydrogen-bond donors (Lipinski definition) is 4. The van der Waals surface area contributed by atoms with Gasteiger partial charge < -0.3 is 30.9 Å². The number of benzene rings is 4. The normalized spacial score (nSPS) is 17.7. The molecule has 0 saturated carbocycles. The van der Waals surface area contributed by atoms with Gasteiger partial charge in [0.25, 0.3) is 0 Å². The van der Waals surface area contributed by atoms with Crippen molar-refractivity contribution in [3.05, 3.63) is 125 Å². The van der Waals surface area contributed by atoms with E-state index in [0.717, 1.165) is 29.8 Å². The van der Waals surface area contributed by atoms with E-state index in [1.54, 1.807) is 12.1 Å². The summed E-state index contributed by atoms with van der Waals surface area (Å²) in [5.41, 5.74) is 11.7. The molecule has 0 radical (unpaired) electrons. The summed E-state index contributed by atoms with van der Waals surface area (Å²) in [6.45, 7) is 1.54. The van der Waals surface area contributed by atoms with Crippen molar-refractivity contribution in [2.75, 3.05) is 30.0 Å². The maximum Gasteiger partial charge on any atom is 0.224 e. The van der Waals surface area contributed by atoms with E-state index in [4.69, 9.17) is 15.2 Å². The minimum absolute atomic E-state index is 0.00479. The molecule has 0 aromatic heterocycles. The summed E-state index contributed by atoms with van der Waals surface area (Å²) in [7, 11) is 2.10. The Morgan fingerprint density at radius 2 is 1.43 bits per heavy atom. The van der Waals surface area contributed by atoms with Crippen LogP contribution in [0.4, 0.5) is 17.1 Å². The van der Waals surface area contributed by atoms with Gasteiger partial charge in [-0.25, -0.2) is 0 Å². The molecule has 3 atom stereocenters. The van der Waals surface area contributed by atoms with Crippen LogP contribution < -0.4 is 16.4 Å². The number of nitrogen functional groups attached to an aromatic ring is 1. The number of anilines is 3. The van der Waals surface area contributed by atoms with E-state index in [-0.39, 0.29) is 30.6 Å². The molecule has 0 bridgehead atoms. The minimum atomic E-state index is -0.580. The Balaban J connectivity index is 1.14. The van der Waals surface area contributed by atoms with E-state index < -0.39 is 6.29 Å². The second kappa shape index (κ2) is 16.9. The summed E-state index contributed by atoms with van der Waals surface area (Å²) >= 11 is 0. The number of carbonyl (C=O) groups excluding carboxylic acids is 2. The second-order valence-electron chi connectivity index (χ2n) is 12.0. The van der Waals surface area contributed by atoms with Gasteiger partial charge in [-0.1, -0.05) is 78.9 Å². The molecule has 1 aliphatic heterocycles. The third kappa shape index (κ3) is 10.2. The minimum Gasteiger partial charge on any atom is -0.397 e. The molecule has 1 aliphatic rings. The van der Waals surface area contributed by atoms with Crippen LogP contribution in [0.2, 0.25) is 0 Å². The summed E-state index contributed by atoms with van der Waals surface area (Å²) in [5, 5.41) is 15.3. The molecule has 3 unspecified atom stereocenters. The number of aliphatic hydroxyl groups excluding tert-OH is 1. The Kier molecular flexibility index (Phi) is 12.1. The molecule has 1 heterocycles. The predicted molar refractivity (Wildman–Crippen MR) is 184 cm³/mol. The lowest BCUT2D eigenvalue weighted by Crippen LogP contribution is -2.37. The quantitative estimate of drug-likeness (QED) is 0.0911. The number of unbranched alkanes of at least 4 members (excludes halogenated alkanes) is 1. The zero-order valence-corrected chi connectivity index (χ0v) is 26.8. The number of nitrogens with zero attached hydrogens (tertiary/aromatic N) is 1. The Labute approximate surface area is 276 Å². The van der Waals surface area contributed by atoms with Crippen LogP contribution >= 0.6 is 0 Å². The number of carbonyl (C=O) groups is 2. The Morgan fingerprint density at radius 1 is 0.787 bits per heavy atom. The molecule has 5 rings (SSSR count). The average Bonchev–Trinajstić information content (AvgIpc) is 3.08. The van der Waals surface area contributed by atoms with Gasteiger partial charge in [-0.2, -0.15) is 0 Å². The SMILES string of the molecule is CN(Cc1ccccc1)CC1CC(c2ccc(CO)cc2)OC(c2ccc(NC(=O)CCCCC(=O)Nc3ccccc3N)cc2)O1. The molecule has 47 heavy (non-hydrogen) atoms. The standard InChI is InChI=1S/C38H44N4O5/c1-42(24-27-9-3-2-4-10-27)25-32-23-35(29-17-15-28(26-43)16-18-29)47-38(46-32)30-19-21-31(22-20-30)40-36(44)13-7-8-14-37(45)41-34-12-6-5-11-33(34)39/h2-6,9-12,15-22,32,35,38,43H,7-8,13-14,23-26,39H2,1H3,(H,40,44)(H,41,45). The van der Waals surface area contributed by atoms with Crippen LogP contribution in [0.15, 0.2) is 103 Å². The number of aliphatic hydroxyl groups is 1. The fourth-order valence-electron chi connectivity index (χ4n) is 5.68. The van der Waals surface area contributed by atoms with Crippen molar-refractivity contribution in [3.63, 3.8) is 0 Å². The first-order chi connectivity index (χ1) is 22.9. The molecular weight excluding hydrogens is 592 g/mol. The number of likely N-dealkylation sites (N-methyl/N-ethyl adjacent to an activating group) is 1. The summed E-state index contributed by atoms with van der Waals surface area (Å²) in [6.07, 6.45) is 1.67. The van der Waals surface area contributed by atoms with Gasteiger partial charge in [-0.05, 0) is 60.8 Å². The number of hydrogen-bond acceptors (Lipinski definition) is 7. The molecule has 1 fully saturated rings. The predicted octanol–water partition coefficient (Wildman–Crippen LogP) is 6.58. The van der Waals surface area contributed by atoms with Crippen LogP contribution in [0, 0.1) is 0 Å². The molecule has 4 aromatic carbocycles. The maximum atomic E-state index is 12.6. The fourth-order valence-corrected chi connectivity index (χ4v) is 5.68. The van der Waals surface area contributed by atoms with E-state index in [2.05, 4.69) is 34.7 Å². The first-order valence-corrected chi connectivity index (χ1v) is 16.1. The van der Waals surface area contributed by atoms with Crippen molar-refractivity contribution < 1.29 is 24.2 Å². The van der Waals surface area contributed by atoms with Gasteiger partial charge >= 0.3 is 0 Å². The summed E-state index contributed by atoms with van der Waals surface area (Å²) in [5.74, 6) is -0.232. The fraction of sp³-hybridized carbons (Fsp3) is 0.316. The third-order valence-electron chi connectivity index (χ3n) is 8.18. The molecule has 5 N–H and O–H groups in total. The molecular formula is C38H44N4O5. The highest BCUT2D eigenvalue weighted by molar-refractivity contribution is 5.94. The van der Waals surface area contributed by atoms with Gasteiger partial charge in [0, 0.05) is 43.6 Å². The maximum absolute atomic E-state index is 12.6. The van der Waals surface area contributed by atoms with Crippen molar-refractivity contribution in [3.8, 4) is 0 Å². The largest absolute Gasteiger partial charge is 0.397 e. The van der Waals surface area contributed by atoms with Crippen LogP contribution in [-0.2, 0) is 32.2 Å². The van der Waals surface area contributed by atoms with Crippen molar-refractivity contribution in [1.29, 1.82) is 0 Å². The van der Waals surface area contributed by atoms with Gasteiger partial charge in [-0.3, -0.25) is 14.5 Å². The Bertz CT molecular complexity index is 1580. The average molecular weight is 637 g/mol. The molecule has 1 saturated heterocycles. The lowest BCUT2D eigenvalue weighted by atomic mass is 9.99. The summed E-state index contributed by atoms with van der Waals surface area (Å²) < 4.78 is 13.0. The first kappa shape index (κ1) is 33.8.